The standard InChI is InChI=1S/C12H10BrFN2OS/c1-7-16-11(6-18-7)12(17)15-5-8-4-9(13)2-3-10(8)14/h2-4,6H,5H2,1H3,(H,15,17). The van der Waals surface area contributed by atoms with E-state index in [0.29, 0.717) is 11.3 Å². The molecule has 0 unspecified atom stereocenters. The van der Waals surface area contributed by atoms with Crippen molar-refractivity contribution in [1.29, 1.82) is 0 Å². The molecule has 6 heteroatoms. The summed E-state index contributed by atoms with van der Waals surface area (Å²) in [6.07, 6.45) is 0. The van der Waals surface area contributed by atoms with Gasteiger partial charge in [-0.3, -0.25) is 4.79 Å². The smallest absolute Gasteiger partial charge is 0.271 e. The average Bonchev–Trinajstić information content (AvgIpc) is 2.77. The molecule has 0 saturated carbocycles. The SMILES string of the molecule is Cc1nc(C(=O)NCc2cc(Br)ccc2F)cs1. The van der Waals surface area contributed by atoms with E-state index in [1.807, 2.05) is 6.92 Å². The Morgan fingerprint density at radius 3 is 3.00 bits per heavy atom. The van der Waals surface area contributed by atoms with Crippen molar-refractivity contribution in [2.45, 2.75) is 13.5 Å². The zero-order valence-corrected chi connectivity index (χ0v) is 11.9. The van der Waals surface area contributed by atoms with E-state index >= 15 is 0 Å². The van der Waals surface area contributed by atoms with Crippen LogP contribution in [0.5, 0.6) is 0 Å². The van der Waals surface area contributed by atoms with E-state index in [0.717, 1.165) is 9.48 Å². The zero-order valence-electron chi connectivity index (χ0n) is 9.54. The molecule has 0 saturated heterocycles. The van der Waals surface area contributed by atoms with Crippen LogP contribution in [0, 0.1) is 12.7 Å². The quantitative estimate of drug-likeness (QED) is 0.939. The molecule has 0 aliphatic rings. The molecule has 1 aromatic carbocycles. The number of benzene rings is 1. The Kier molecular flexibility index (Phi) is 4.08. The Hall–Kier alpha value is -1.27. The minimum absolute atomic E-state index is 0.140. The second kappa shape index (κ2) is 5.58. The number of carbonyl (C=O) groups excluding carboxylic acids is 1. The second-order valence-corrected chi connectivity index (χ2v) is 5.65. The average molecular weight is 329 g/mol. The van der Waals surface area contributed by atoms with Gasteiger partial charge in [-0.2, -0.15) is 0 Å². The van der Waals surface area contributed by atoms with Gasteiger partial charge in [0.15, 0.2) is 0 Å². The number of nitrogens with zero attached hydrogens (tertiary/aromatic N) is 1. The maximum Gasteiger partial charge on any atom is 0.271 e. The number of halogens is 2. The van der Waals surface area contributed by atoms with Crippen molar-refractivity contribution in [3.05, 3.63) is 50.1 Å². The summed E-state index contributed by atoms with van der Waals surface area (Å²) in [6, 6.07) is 4.62. The summed E-state index contributed by atoms with van der Waals surface area (Å²) in [5.41, 5.74) is 0.803. The van der Waals surface area contributed by atoms with Crippen molar-refractivity contribution in [2.75, 3.05) is 0 Å². The van der Waals surface area contributed by atoms with Crippen LogP contribution in [-0.4, -0.2) is 10.9 Å². The van der Waals surface area contributed by atoms with E-state index in [1.54, 1.807) is 17.5 Å². The summed E-state index contributed by atoms with van der Waals surface area (Å²) in [7, 11) is 0. The van der Waals surface area contributed by atoms with Crippen LogP contribution in [0.1, 0.15) is 21.1 Å². The highest BCUT2D eigenvalue weighted by Gasteiger charge is 2.10. The molecule has 1 amide bonds. The van der Waals surface area contributed by atoms with Gasteiger partial charge in [0.05, 0.1) is 5.01 Å². The van der Waals surface area contributed by atoms with E-state index < -0.39 is 0 Å². The normalized spacial score (nSPS) is 10.4. The summed E-state index contributed by atoms with van der Waals surface area (Å²) in [6.45, 7) is 1.97. The van der Waals surface area contributed by atoms with E-state index in [-0.39, 0.29) is 18.3 Å². The largest absolute Gasteiger partial charge is 0.346 e. The molecule has 94 valence electrons. The van der Waals surface area contributed by atoms with Gasteiger partial charge in [0, 0.05) is 22.0 Å². The Bertz CT molecular complexity index is 585. The Morgan fingerprint density at radius 1 is 1.56 bits per heavy atom. The van der Waals surface area contributed by atoms with Gasteiger partial charge in [-0.05, 0) is 25.1 Å². The minimum Gasteiger partial charge on any atom is -0.346 e. The number of hydrogen-bond acceptors (Lipinski definition) is 3. The lowest BCUT2D eigenvalue weighted by Gasteiger charge is -2.05. The van der Waals surface area contributed by atoms with Gasteiger partial charge in [-0.15, -0.1) is 11.3 Å². The van der Waals surface area contributed by atoms with Gasteiger partial charge in [0.2, 0.25) is 0 Å². The lowest BCUT2D eigenvalue weighted by molar-refractivity contribution is 0.0946. The number of nitrogens with one attached hydrogen (secondary N) is 1. The van der Waals surface area contributed by atoms with Crippen molar-refractivity contribution < 1.29 is 9.18 Å². The summed E-state index contributed by atoms with van der Waals surface area (Å²) >= 11 is 4.67. The highest BCUT2D eigenvalue weighted by molar-refractivity contribution is 9.10. The summed E-state index contributed by atoms with van der Waals surface area (Å²) < 4.78 is 14.2. The van der Waals surface area contributed by atoms with Gasteiger partial charge in [0.25, 0.3) is 5.91 Å². The molecule has 0 radical (unpaired) electrons. The molecular formula is C12H10BrFN2OS. The van der Waals surface area contributed by atoms with Crippen molar-refractivity contribution in [3.8, 4) is 0 Å². The highest BCUT2D eigenvalue weighted by atomic mass is 79.9. The predicted octanol–water partition coefficient (Wildman–Crippen LogP) is 3.28. The van der Waals surface area contributed by atoms with Gasteiger partial charge >= 0.3 is 0 Å². The van der Waals surface area contributed by atoms with Gasteiger partial charge in [-0.1, -0.05) is 15.9 Å². The molecule has 0 spiro atoms. The third-order valence-corrected chi connectivity index (χ3v) is 3.57. The van der Waals surface area contributed by atoms with Gasteiger partial charge in [0.1, 0.15) is 11.5 Å². The zero-order chi connectivity index (χ0) is 13.1. The van der Waals surface area contributed by atoms with Crippen molar-refractivity contribution in [1.82, 2.24) is 10.3 Å². The van der Waals surface area contributed by atoms with Crippen molar-refractivity contribution in [3.63, 3.8) is 0 Å². The molecule has 1 heterocycles. The molecule has 2 aromatic rings. The third-order valence-electron chi connectivity index (χ3n) is 2.30. The Balaban J connectivity index is 2.03. The molecule has 0 atom stereocenters. The molecule has 1 N–H and O–H groups in total. The van der Waals surface area contributed by atoms with Crippen LogP contribution in [0.15, 0.2) is 28.1 Å². The first-order chi connectivity index (χ1) is 8.56. The number of thiazole rings is 1. The van der Waals surface area contributed by atoms with Crippen molar-refractivity contribution >= 4 is 33.2 Å². The highest BCUT2D eigenvalue weighted by Crippen LogP contribution is 2.15. The summed E-state index contributed by atoms with van der Waals surface area (Å²) in [5, 5.41) is 5.15. The fourth-order valence-electron chi connectivity index (χ4n) is 1.41. The number of aromatic nitrogens is 1. The first-order valence-corrected chi connectivity index (χ1v) is 6.88. The molecule has 1 aromatic heterocycles. The second-order valence-electron chi connectivity index (χ2n) is 3.67. The van der Waals surface area contributed by atoms with E-state index in [1.165, 1.54) is 17.4 Å². The first kappa shape index (κ1) is 13.2. The predicted molar refractivity (Wildman–Crippen MR) is 72.1 cm³/mol. The monoisotopic (exact) mass is 328 g/mol. The van der Waals surface area contributed by atoms with Crippen LogP contribution in [-0.2, 0) is 6.54 Å². The maximum atomic E-state index is 13.4. The van der Waals surface area contributed by atoms with Crippen LogP contribution in [0.3, 0.4) is 0 Å². The molecular weight excluding hydrogens is 319 g/mol. The lowest BCUT2D eigenvalue weighted by Crippen LogP contribution is -2.23. The minimum atomic E-state index is -0.340. The number of carbonyl (C=O) groups is 1. The van der Waals surface area contributed by atoms with Crippen LogP contribution in [0.2, 0.25) is 0 Å². The van der Waals surface area contributed by atoms with E-state index in [2.05, 4.69) is 26.2 Å². The molecule has 0 bridgehead atoms. The topological polar surface area (TPSA) is 42.0 Å². The Labute approximate surface area is 116 Å². The molecule has 0 fully saturated rings. The van der Waals surface area contributed by atoms with Gasteiger partial charge in [-0.25, -0.2) is 9.37 Å². The molecule has 0 aliphatic carbocycles. The van der Waals surface area contributed by atoms with E-state index in [4.69, 9.17) is 0 Å². The first-order valence-electron chi connectivity index (χ1n) is 5.20. The van der Waals surface area contributed by atoms with Crippen LogP contribution < -0.4 is 5.32 Å². The fourth-order valence-corrected chi connectivity index (χ4v) is 2.41. The van der Waals surface area contributed by atoms with Crippen LogP contribution >= 0.6 is 27.3 Å². The molecule has 18 heavy (non-hydrogen) atoms. The molecule has 2 rings (SSSR count). The molecule has 3 nitrogen and oxygen atoms in total. The fraction of sp³-hybridized carbons (Fsp3) is 0.167. The Morgan fingerprint density at radius 2 is 2.33 bits per heavy atom. The van der Waals surface area contributed by atoms with E-state index in [9.17, 15) is 9.18 Å². The van der Waals surface area contributed by atoms with Gasteiger partial charge < -0.3 is 5.32 Å². The van der Waals surface area contributed by atoms with Crippen molar-refractivity contribution in [2.24, 2.45) is 0 Å². The number of rotatable bonds is 3. The van der Waals surface area contributed by atoms with Crippen LogP contribution in [0.25, 0.3) is 0 Å². The summed E-state index contributed by atoms with van der Waals surface area (Å²) in [4.78, 5) is 15.8. The third kappa shape index (κ3) is 3.14. The maximum absolute atomic E-state index is 13.4. The number of aryl methyl sites for hydroxylation is 1. The summed E-state index contributed by atoms with van der Waals surface area (Å²) in [5.74, 6) is -0.633. The lowest BCUT2D eigenvalue weighted by atomic mass is 10.2. The van der Waals surface area contributed by atoms with Crippen LogP contribution in [0.4, 0.5) is 4.39 Å². The number of hydrogen-bond donors (Lipinski definition) is 1. The number of amides is 1. The molecule has 0 aliphatic heterocycles.